The van der Waals surface area contributed by atoms with E-state index in [0.717, 1.165) is 5.56 Å². The standard InChI is InChI=1S/C18H26N2O5/c1-18(2,3)25-17(23)20-14(16(22)19-4)10-11-15(21)24-12-13-8-6-5-7-9-13/h5-9,14H,10-12H2,1-4H3,(H,19,22)(H,20,23)/t14-/m1/s1. The topological polar surface area (TPSA) is 93.7 Å². The van der Waals surface area contributed by atoms with Crippen LogP contribution in [-0.4, -0.2) is 36.7 Å². The minimum atomic E-state index is -0.871. The summed E-state index contributed by atoms with van der Waals surface area (Å²) in [6.07, 6.45) is -0.591. The van der Waals surface area contributed by atoms with Gasteiger partial charge < -0.3 is 20.1 Å². The molecule has 1 aromatic carbocycles. The summed E-state index contributed by atoms with van der Waals surface area (Å²) in [5, 5.41) is 4.93. The van der Waals surface area contributed by atoms with Crippen LogP contribution in [0.5, 0.6) is 0 Å². The summed E-state index contributed by atoms with van der Waals surface area (Å²) in [5.41, 5.74) is 0.206. The number of likely N-dealkylation sites (N-methyl/N-ethyl adjacent to an activating group) is 1. The lowest BCUT2D eigenvalue weighted by Gasteiger charge is -2.22. The third-order valence-electron chi connectivity index (χ3n) is 3.13. The van der Waals surface area contributed by atoms with Gasteiger partial charge in [-0.05, 0) is 32.8 Å². The molecule has 0 spiro atoms. The number of esters is 1. The van der Waals surface area contributed by atoms with E-state index in [1.165, 1.54) is 7.05 Å². The highest BCUT2D eigenvalue weighted by atomic mass is 16.6. The van der Waals surface area contributed by atoms with Crippen molar-refractivity contribution in [1.82, 2.24) is 10.6 Å². The van der Waals surface area contributed by atoms with Gasteiger partial charge in [0.05, 0.1) is 0 Å². The highest BCUT2D eigenvalue weighted by Gasteiger charge is 2.24. The van der Waals surface area contributed by atoms with Gasteiger partial charge in [0.1, 0.15) is 18.2 Å². The molecule has 0 saturated carbocycles. The molecule has 0 aliphatic carbocycles. The summed E-state index contributed by atoms with van der Waals surface area (Å²) in [6.45, 7) is 5.34. The minimum Gasteiger partial charge on any atom is -0.461 e. The molecule has 7 nitrogen and oxygen atoms in total. The Bertz CT molecular complexity index is 581. The Morgan fingerprint density at radius 3 is 2.32 bits per heavy atom. The van der Waals surface area contributed by atoms with Gasteiger partial charge in [-0.15, -0.1) is 0 Å². The summed E-state index contributed by atoms with van der Waals surface area (Å²) in [6, 6.07) is 8.42. The monoisotopic (exact) mass is 350 g/mol. The van der Waals surface area contributed by atoms with Crippen LogP contribution in [0.3, 0.4) is 0 Å². The zero-order valence-electron chi connectivity index (χ0n) is 15.1. The van der Waals surface area contributed by atoms with Crippen LogP contribution in [0, 0.1) is 0 Å². The second kappa shape index (κ2) is 9.66. The third kappa shape index (κ3) is 8.74. The Balaban J connectivity index is 2.48. The van der Waals surface area contributed by atoms with E-state index in [-0.39, 0.29) is 19.4 Å². The van der Waals surface area contributed by atoms with Gasteiger partial charge in [-0.1, -0.05) is 30.3 Å². The summed E-state index contributed by atoms with van der Waals surface area (Å²) in [5.74, 6) is -0.842. The van der Waals surface area contributed by atoms with Crippen molar-refractivity contribution in [2.24, 2.45) is 0 Å². The Labute approximate surface area is 148 Å². The number of ether oxygens (including phenoxy) is 2. The van der Waals surface area contributed by atoms with Crippen molar-refractivity contribution in [3.05, 3.63) is 35.9 Å². The van der Waals surface area contributed by atoms with Crippen molar-refractivity contribution in [2.45, 2.75) is 51.9 Å². The summed E-state index contributed by atoms with van der Waals surface area (Å²) in [4.78, 5) is 35.5. The normalized spacial score (nSPS) is 12.0. The summed E-state index contributed by atoms with van der Waals surface area (Å²) in [7, 11) is 1.46. The average molecular weight is 350 g/mol. The minimum absolute atomic E-state index is 0.000712. The maximum atomic E-state index is 11.9. The molecule has 2 N–H and O–H groups in total. The van der Waals surface area contributed by atoms with E-state index in [4.69, 9.17) is 9.47 Å². The van der Waals surface area contributed by atoms with E-state index in [0.29, 0.717) is 0 Å². The highest BCUT2D eigenvalue weighted by Crippen LogP contribution is 2.09. The molecule has 1 atom stereocenters. The molecule has 2 amide bonds. The van der Waals surface area contributed by atoms with E-state index < -0.39 is 29.6 Å². The van der Waals surface area contributed by atoms with Crippen molar-refractivity contribution in [3.63, 3.8) is 0 Å². The van der Waals surface area contributed by atoms with E-state index >= 15 is 0 Å². The molecule has 1 aromatic rings. The van der Waals surface area contributed by atoms with Gasteiger partial charge in [0.15, 0.2) is 0 Å². The van der Waals surface area contributed by atoms with Crippen LogP contribution in [0.2, 0.25) is 0 Å². The zero-order chi connectivity index (χ0) is 18.9. The lowest BCUT2D eigenvalue weighted by atomic mass is 10.1. The fourth-order valence-electron chi connectivity index (χ4n) is 1.97. The number of carbonyl (C=O) groups is 3. The van der Waals surface area contributed by atoms with Crippen LogP contribution >= 0.6 is 0 Å². The number of rotatable bonds is 7. The maximum Gasteiger partial charge on any atom is 0.408 e. The fourth-order valence-corrected chi connectivity index (χ4v) is 1.97. The molecule has 0 saturated heterocycles. The molecular weight excluding hydrogens is 324 g/mol. The SMILES string of the molecule is CNC(=O)[C@@H](CCC(=O)OCc1ccccc1)NC(=O)OC(C)(C)C. The number of hydrogen-bond acceptors (Lipinski definition) is 5. The van der Waals surface area contributed by atoms with Crippen molar-refractivity contribution in [1.29, 1.82) is 0 Å². The molecule has 138 valence electrons. The Hall–Kier alpha value is -2.57. The van der Waals surface area contributed by atoms with Crippen molar-refractivity contribution in [2.75, 3.05) is 7.05 Å². The van der Waals surface area contributed by atoms with Crippen molar-refractivity contribution in [3.8, 4) is 0 Å². The zero-order valence-corrected chi connectivity index (χ0v) is 15.1. The molecule has 0 aliphatic heterocycles. The van der Waals surface area contributed by atoms with E-state index in [1.807, 2.05) is 30.3 Å². The van der Waals surface area contributed by atoms with E-state index in [1.54, 1.807) is 20.8 Å². The van der Waals surface area contributed by atoms with Crippen LogP contribution in [0.15, 0.2) is 30.3 Å². The molecule has 25 heavy (non-hydrogen) atoms. The number of benzene rings is 1. The molecule has 7 heteroatoms. The van der Waals surface area contributed by atoms with Gasteiger partial charge in [0.25, 0.3) is 0 Å². The lowest BCUT2D eigenvalue weighted by Crippen LogP contribution is -2.47. The number of amides is 2. The maximum absolute atomic E-state index is 11.9. The molecule has 0 bridgehead atoms. The number of carbonyl (C=O) groups excluding carboxylic acids is 3. The largest absolute Gasteiger partial charge is 0.461 e. The predicted octanol–water partition coefficient (Wildman–Crippen LogP) is 2.15. The van der Waals surface area contributed by atoms with E-state index in [9.17, 15) is 14.4 Å². The molecule has 0 heterocycles. The molecule has 0 unspecified atom stereocenters. The van der Waals surface area contributed by atoms with Crippen LogP contribution in [0.4, 0.5) is 4.79 Å². The molecule has 0 fully saturated rings. The molecular formula is C18H26N2O5. The first-order chi connectivity index (χ1) is 11.7. The Kier molecular flexibility index (Phi) is 7.91. The van der Waals surface area contributed by atoms with Gasteiger partial charge in [-0.25, -0.2) is 4.79 Å². The van der Waals surface area contributed by atoms with Gasteiger partial charge in [-0.3, -0.25) is 9.59 Å². The number of nitrogens with one attached hydrogen (secondary N) is 2. The van der Waals surface area contributed by atoms with Crippen LogP contribution in [0.25, 0.3) is 0 Å². The first-order valence-corrected chi connectivity index (χ1v) is 8.12. The number of alkyl carbamates (subject to hydrolysis) is 1. The van der Waals surface area contributed by atoms with Crippen LogP contribution in [0.1, 0.15) is 39.2 Å². The Morgan fingerprint density at radius 1 is 1.12 bits per heavy atom. The quantitative estimate of drug-likeness (QED) is 0.735. The van der Waals surface area contributed by atoms with Gasteiger partial charge in [0.2, 0.25) is 5.91 Å². The second-order valence-corrected chi connectivity index (χ2v) is 6.50. The summed E-state index contributed by atoms with van der Waals surface area (Å²) < 4.78 is 10.3. The number of hydrogen-bond donors (Lipinski definition) is 2. The highest BCUT2D eigenvalue weighted by molar-refractivity contribution is 5.86. The van der Waals surface area contributed by atoms with E-state index in [2.05, 4.69) is 10.6 Å². The molecule has 0 radical (unpaired) electrons. The van der Waals surface area contributed by atoms with Crippen LogP contribution in [-0.2, 0) is 25.7 Å². The first-order valence-electron chi connectivity index (χ1n) is 8.12. The fraction of sp³-hybridized carbons (Fsp3) is 0.500. The first kappa shape index (κ1) is 20.5. The Morgan fingerprint density at radius 2 is 1.76 bits per heavy atom. The van der Waals surface area contributed by atoms with Gasteiger partial charge in [0, 0.05) is 13.5 Å². The summed E-state index contributed by atoms with van der Waals surface area (Å²) >= 11 is 0. The van der Waals surface area contributed by atoms with Crippen molar-refractivity contribution < 1.29 is 23.9 Å². The van der Waals surface area contributed by atoms with Gasteiger partial charge in [-0.2, -0.15) is 0 Å². The average Bonchev–Trinajstić information content (AvgIpc) is 2.55. The van der Waals surface area contributed by atoms with Gasteiger partial charge >= 0.3 is 12.1 Å². The lowest BCUT2D eigenvalue weighted by molar-refractivity contribution is -0.145. The molecule has 0 aromatic heterocycles. The second-order valence-electron chi connectivity index (χ2n) is 6.50. The van der Waals surface area contributed by atoms with Crippen molar-refractivity contribution >= 4 is 18.0 Å². The smallest absolute Gasteiger partial charge is 0.408 e. The predicted molar refractivity (Wildman–Crippen MR) is 92.7 cm³/mol. The molecule has 1 rings (SSSR count). The third-order valence-corrected chi connectivity index (χ3v) is 3.13. The van der Waals surface area contributed by atoms with Crippen LogP contribution < -0.4 is 10.6 Å². The molecule has 0 aliphatic rings.